The van der Waals surface area contributed by atoms with Gasteiger partial charge in [-0.15, -0.1) is 0 Å². The number of ether oxygens (including phenoxy) is 1. The lowest BCUT2D eigenvalue weighted by Crippen LogP contribution is -2.59. The van der Waals surface area contributed by atoms with Crippen molar-refractivity contribution in [1.29, 1.82) is 0 Å². The molecular formula is C19H16BrFO5. The third-order valence-corrected chi connectivity index (χ3v) is 5.54. The number of rotatable bonds is 5. The Labute approximate surface area is 157 Å². The third-order valence-electron chi connectivity index (χ3n) is 4.42. The quantitative estimate of drug-likeness (QED) is 0.570. The minimum absolute atomic E-state index is 0.0269. The summed E-state index contributed by atoms with van der Waals surface area (Å²) in [7, 11) is 0. The average Bonchev–Trinajstić information content (AvgIpc) is 2.90. The van der Waals surface area contributed by atoms with Crippen LogP contribution in [-0.2, 0) is 4.74 Å². The Kier molecular flexibility index (Phi) is 5.07. The first kappa shape index (κ1) is 18.8. The van der Waals surface area contributed by atoms with Crippen LogP contribution < -0.4 is 0 Å². The molecule has 0 amide bonds. The Balaban J connectivity index is 2.12. The zero-order valence-electron chi connectivity index (χ0n) is 13.5. The molecule has 1 aliphatic rings. The molecule has 1 fully saturated rings. The van der Waals surface area contributed by atoms with Gasteiger partial charge in [-0.3, -0.25) is 9.59 Å². The summed E-state index contributed by atoms with van der Waals surface area (Å²) in [6.45, 7) is -0.760. The predicted octanol–water partition coefficient (Wildman–Crippen LogP) is 2.30. The molecule has 2 N–H and O–H groups in total. The van der Waals surface area contributed by atoms with Gasteiger partial charge >= 0.3 is 0 Å². The van der Waals surface area contributed by atoms with E-state index in [1.807, 2.05) is 0 Å². The van der Waals surface area contributed by atoms with Crippen LogP contribution in [0.1, 0.15) is 20.7 Å². The number of aliphatic hydroxyl groups is 2. The number of benzene rings is 2. The fraction of sp³-hybridized carbons (Fsp3) is 0.263. The van der Waals surface area contributed by atoms with Crippen molar-refractivity contribution in [2.24, 2.45) is 0 Å². The van der Waals surface area contributed by atoms with Crippen LogP contribution >= 0.6 is 15.9 Å². The summed E-state index contributed by atoms with van der Waals surface area (Å²) in [5, 5.41) is 19.8. The van der Waals surface area contributed by atoms with Crippen molar-refractivity contribution in [3.05, 3.63) is 71.8 Å². The molecular weight excluding hydrogens is 407 g/mol. The van der Waals surface area contributed by atoms with E-state index in [2.05, 4.69) is 15.9 Å². The van der Waals surface area contributed by atoms with Crippen LogP contribution in [0.15, 0.2) is 60.7 Å². The molecule has 3 rings (SSSR count). The highest BCUT2D eigenvalue weighted by molar-refractivity contribution is 9.10. The van der Waals surface area contributed by atoms with E-state index >= 15 is 4.39 Å². The number of Topliss-reactive ketones (excluding diaryl/α,β-unsaturated/α-hetero) is 2. The van der Waals surface area contributed by atoms with Crippen molar-refractivity contribution in [3.8, 4) is 0 Å². The summed E-state index contributed by atoms with van der Waals surface area (Å²) in [5.41, 5.74) is -3.06. The van der Waals surface area contributed by atoms with E-state index < -0.39 is 40.6 Å². The largest absolute Gasteiger partial charge is 0.394 e. The molecule has 0 saturated carbocycles. The van der Waals surface area contributed by atoms with E-state index in [0.717, 1.165) is 0 Å². The first-order chi connectivity index (χ1) is 12.4. The van der Waals surface area contributed by atoms with E-state index in [1.54, 1.807) is 24.3 Å². The summed E-state index contributed by atoms with van der Waals surface area (Å²) < 4.78 is 19.0. The molecule has 0 aliphatic carbocycles. The number of alkyl halides is 2. The van der Waals surface area contributed by atoms with Gasteiger partial charge in [-0.2, -0.15) is 0 Å². The van der Waals surface area contributed by atoms with Crippen molar-refractivity contribution < 1.29 is 28.9 Å². The number of aliphatic hydroxyl groups excluding tert-OH is 2. The smallest absolute Gasteiger partial charge is 0.247 e. The highest BCUT2D eigenvalue weighted by Crippen LogP contribution is 2.50. The fourth-order valence-electron chi connectivity index (χ4n) is 3.02. The van der Waals surface area contributed by atoms with E-state index in [1.165, 1.54) is 36.4 Å². The van der Waals surface area contributed by atoms with E-state index in [-0.39, 0.29) is 11.1 Å². The van der Waals surface area contributed by atoms with Crippen LogP contribution in [0.4, 0.5) is 4.39 Å². The van der Waals surface area contributed by atoms with Crippen molar-refractivity contribution in [1.82, 2.24) is 0 Å². The second-order valence-electron chi connectivity index (χ2n) is 5.98. The Hall–Kier alpha value is -1.93. The molecule has 0 spiro atoms. The summed E-state index contributed by atoms with van der Waals surface area (Å²) in [4.78, 5) is 25.9. The van der Waals surface area contributed by atoms with E-state index in [4.69, 9.17) is 4.74 Å². The molecule has 0 aromatic heterocycles. The van der Waals surface area contributed by atoms with Crippen molar-refractivity contribution in [3.63, 3.8) is 0 Å². The molecule has 136 valence electrons. The highest BCUT2D eigenvalue weighted by atomic mass is 79.9. The van der Waals surface area contributed by atoms with Crippen LogP contribution in [0, 0.1) is 0 Å². The van der Waals surface area contributed by atoms with Crippen molar-refractivity contribution in [2.75, 3.05) is 6.61 Å². The third kappa shape index (κ3) is 2.72. The standard InChI is InChI=1S/C19H16BrFO5/c20-19(16(24)13-9-5-2-6-10-13)18(21,17(25)14(11-22)26-19)15(23)12-7-3-1-4-8-12/h1-10,14,17,22,25H,11H2/t14-,17-,18-,19+/m1/s1. The maximum absolute atomic E-state index is 16.1. The number of carbonyl (C=O) groups excluding carboxylic acids is 2. The van der Waals surface area contributed by atoms with Crippen molar-refractivity contribution in [2.45, 2.75) is 22.4 Å². The number of carbonyl (C=O) groups is 2. The van der Waals surface area contributed by atoms with Crippen LogP contribution in [0.5, 0.6) is 0 Å². The Morgan fingerprint density at radius 1 is 1.00 bits per heavy atom. The van der Waals surface area contributed by atoms with E-state index in [0.29, 0.717) is 0 Å². The summed E-state index contributed by atoms with van der Waals surface area (Å²) in [6, 6.07) is 15.2. The monoisotopic (exact) mass is 422 g/mol. The van der Waals surface area contributed by atoms with Gasteiger partial charge in [0.15, 0.2) is 0 Å². The number of ketones is 2. The molecule has 1 aliphatic heterocycles. The number of hydrogen-bond donors (Lipinski definition) is 2. The molecule has 2 aromatic rings. The molecule has 2 aromatic carbocycles. The van der Waals surface area contributed by atoms with Crippen LogP contribution in [0.2, 0.25) is 0 Å². The van der Waals surface area contributed by atoms with E-state index in [9.17, 15) is 19.8 Å². The second-order valence-corrected chi connectivity index (χ2v) is 7.10. The van der Waals surface area contributed by atoms with Gasteiger partial charge in [0.2, 0.25) is 21.7 Å². The van der Waals surface area contributed by atoms with Gasteiger partial charge in [0, 0.05) is 11.1 Å². The lowest BCUT2D eigenvalue weighted by atomic mass is 9.82. The first-order valence-corrected chi connectivity index (χ1v) is 8.70. The Morgan fingerprint density at radius 3 is 1.92 bits per heavy atom. The maximum Gasteiger partial charge on any atom is 0.247 e. The van der Waals surface area contributed by atoms with Gasteiger partial charge < -0.3 is 14.9 Å². The molecule has 4 atom stereocenters. The van der Waals surface area contributed by atoms with Crippen LogP contribution in [-0.4, -0.2) is 50.8 Å². The number of halogens is 2. The van der Waals surface area contributed by atoms with Crippen molar-refractivity contribution >= 4 is 27.5 Å². The zero-order valence-corrected chi connectivity index (χ0v) is 15.1. The van der Waals surface area contributed by atoms with Gasteiger partial charge in [-0.1, -0.05) is 60.7 Å². The molecule has 0 bridgehead atoms. The summed E-state index contributed by atoms with van der Waals surface area (Å²) in [6.07, 6.45) is -3.48. The highest BCUT2D eigenvalue weighted by Gasteiger charge is 2.73. The minimum Gasteiger partial charge on any atom is -0.394 e. The maximum atomic E-state index is 16.1. The molecule has 0 unspecified atom stereocenters. The summed E-state index contributed by atoms with van der Waals surface area (Å²) in [5.74, 6) is -1.97. The lowest BCUT2D eigenvalue weighted by Gasteiger charge is -2.32. The topological polar surface area (TPSA) is 83.8 Å². The molecule has 26 heavy (non-hydrogen) atoms. The lowest BCUT2D eigenvalue weighted by molar-refractivity contribution is -0.0243. The molecule has 7 heteroatoms. The fourth-order valence-corrected chi connectivity index (χ4v) is 3.90. The van der Waals surface area contributed by atoms with Crippen LogP contribution in [0.25, 0.3) is 0 Å². The van der Waals surface area contributed by atoms with Gasteiger partial charge in [0.05, 0.1) is 6.61 Å². The summed E-state index contributed by atoms with van der Waals surface area (Å²) >= 11 is 2.95. The van der Waals surface area contributed by atoms with Gasteiger partial charge in [-0.05, 0) is 15.9 Å². The molecule has 0 radical (unpaired) electrons. The molecule has 1 heterocycles. The first-order valence-electron chi connectivity index (χ1n) is 7.90. The second kappa shape index (κ2) is 7.00. The van der Waals surface area contributed by atoms with Gasteiger partial charge in [0.25, 0.3) is 0 Å². The normalized spacial score (nSPS) is 30.9. The average molecular weight is 423 g/mol. The van der Waals surface area contributed by atoms with Gasteiger partial charge in [-0.25, -0.2) is 4.39 Å². The molecule has 1 saturated heterocycles. The molecule has 5 nitrogen and oxygen atoms in total. The zero-order chi connectivity index (χ0) is 18.9. The Bertz CT molecular complexity index is 815. The van der Waals surface area contributed by atoms with Gasteiger partial charge in [0.1, 0.15) is 12.2 Å². The van der Waals surface area contributed by atoms with Crippen LogP contribution in [0.3, 0.4) is 0 Å². The SMILES string of the molecule is O=C(c1ccccc1)[C@]1(Br)O[C@H](CO)[C@@H](O)[C@]1(F)C(=O)c1ccccc1. The number of hydrogen-bond acceptors (Lipinski definition) is 5. The minimum atomic E-state index is -3.13. The Morgan fingerprint density at radius 2 is 1.46 bits per heavy atom. The predicted molar refractivity (Wildman–Crippen MR) is 95.0 cm³/mol.